The lowest BCUT2D eigenvalue weighted by atomic mass is 9.86. The molecule has 3 atom stereocenters. The van der Waals surface area contributed by atoms with E-state index < -0.39 is 0 Å². The molecule has 1 aromatic rings. The third-order valence-corrected chi connectivity index (χ3v) is 3.87. The highest BCUT2D eigenvalue weighted by molar-refractivity contribution is 9.10. The summed E-state index contributed by atoms with van der Waals surface area (Å²) in [5.41, 5.74) is 5.93. The fourth-order valence-corrected chi connectivity index (χ4v) is 2.46. The molecular formula is C13H17BrClNO3. The summed E-state index contributed by atoms with van der Waals surface area (Å²) in [6.07, 6.45) is 0.601. The SMILES string of the molecule is COCCOC1C(N)CC1Oc1cc(Br)ccc1Cl. The summed E-state index contributed by atoms with van der Waals surface area (Å²) < 4.78 is 17.4. The molecule has 1 saturated carbocycles. The van der Waals surface area contributed by atoms with Gasteiger partial charge in [0.25, 0.3) is 0 Å². The third kappa shape index (κ3) is 3.83. The van der Waals surface area contributed by atoms with E-state index in [1.54, 1.807) is 13.2 Å². The Labute approximate surface area is 126 Å². The minimum atomic E-state index is -0.106. The van der Waals surface area contributed by atoms with Gasteiger partial charge in [-0.15, -0.1) is 0 Å². The van der Waals surface area contributed by atoms with Gasteiger partial charge < -0.3 is 19.9 Å². The lowest BCUT2D eigenvalue weighted by Gasteiger charge is -2.41. The van der Waals surface area contributed by atoms with E-state index in [1.165, 1.54) is 0 Å². The van der Waals surface area contributed by atoms with E-state index in [0.717, 1.165) is 10.9 Å². The number of ether oxygens (including phenoxy) is 3. The minimum Gasteiger partial charge on any atom is -0.486 e. The Balaban J connectivity index is 1.93. The van der Waals surface area contributed by atoms with Gasteiger partial charge >= 0.3 is 0 Å². The van der Waals surface area contributed by atoms with Gasteiger partial charge in [-0.3, -0.25) is 0 Å². The highest BCUT2D eigenvalue weighted by atomic mass is 79.9. The Hall–Kier alpha value is -0.330. The molecule has 3 unspecified atom stereocenters. The summed E-state index contributed by atoms with van der Waals surface area (Å²) in [6.45, 7) is 1.06. The van der Waals surface area contributed by atoms with E-state index in [0.29, 0.717) is 24.0 Å². The van der Waals surface area contributed by atoms with Crippen molar-refractivity contribution in [3.63, 3.8) is 0 Å². The molecular weight excluding hydrogens is 334 g/mol. The second kappa shape index (κ2) is 6.90. The van der Waals surface area contributed by atoms with Crippen molar-refractivity contribution in [2.75, 3.05) is 20.3 Å². The van der Waals surface area contributed by atoms with Crippen molar-refractivity contribution in [2.24, 2.45) is 5.73 Å². The Bertz CT molecular complexity index is 432. The van der Waals surface area contributed by atoms with Gasteiger partial charge in [-0.05, 0) is 18.2 Å². The molecule has 0 heterocycles. The Morgan fingerprint density at radius 2 is 2.21 bits per heavy atom. The zero-order valence-corrected chi connectivity index (χ0v) is 13.0. The van der Waals surface area contributed by atoms with Crippen LogP contribution in [0.25, 0.3) is 0 Å². The summed E-state index contributed by atoms with van der Waals surface area (Å²) in [5, 5.41) is 0.583. The van der Waals surface area contributed by atoms with Crippen molar-refractivity contribution in [1.29, 1.82) is 0 Å². The highest BCUT2D eigenvalue weighted by Crippen LogP contribution is 2.33. The number of methoxy groups -OCH3 is 1. The summed E-state index contributed by atoms with van der Waals surface area (Å²) in [7, 11) is 1.64. The summed E-state index contributed by atoms with van der Waals surface area (Å²) in [5.74, 6) is 0.647. The van der Waals surface area contributed by atoms with Gasteiger partial charge in [-0.25, -0.2) is 0 Å². The zero-order valence-electron chi connectivity index (χ0n) is 10.6. The van der Waals surface area contributed by atoms with Crippen LogP contribution in [-0.4, -0.2) is 38.6 Å². The molecule has 2 rings (SSSR count). The predicted octanol–water partition coefficient (Wildman–Crippen LogP) is 2.61. The summed E-state index contributed by atoms with van der Waals surface area (Å²) in [6, 6.07) is 5.51. The quantitative estimate of drug-likeness (QED) is 0.801. The van der Waals surface area contributed by atoms with Gasteiger partial charge in [0.15, 0.2) is 0 Å². The van der Waals surface area contributed by atoms with Crippen LogP contribution < -0.4 is 10.5 Å². The van der Waals surface area contributed by atoms with Crippen LogP contribution in [-0.2, 0) is 9.47 Å². The largest absolute Gasteiger partial charge is 0.486 e. The van der Waals surface area contributed by atoms with Crippen molar-refractivity contribution in [3.05, 3.63) is 27.7 Å². The van der Waals surface area contributed by atoms with Gasteiger partial charge in [-0.1, -0.05) is 27.5 Å². The van der Waals surface area contributed by atoms with Crippen LogP contribution in [0.4, 0.5) is 0 Å². The maximum absolute atomic E-state index is 6.09. The highest BCUT2D eigenvalue weighted by Gasteiger charge is 2.41. The molecule has 0 amide bonds. The zero-order chi connectivity index (χ0) is 13.8. The van der Waals surface area contributed by atoms with E-state index >= 15 is 0 Å². The van der Waals surface area contributed by atoms with Crippen molar-refractivity contribution in [2.45, 2.75) is 24.7 Å². The molecule has 1 aromatic carbocycles. The van der Waals surface area contributed by atoms with Crippen molar-refractivity contribution in [3.8, 4) is 5.75 Å². The molecule has 1 aliphatic carbocycles. The van der Waals surface area contributed by atoms with E-state index in [-0.39, 0.29) is 18.2 Å². The number of halogens is 2. The van der Waals surface area contributed by atoms with Gasteiger partial charge in [0, 0.05) is 24.0 Å². The maximum atomic E-state index is 6.09. The first-order valence-electron chi connectivity index (χ1n) is 6.09. The van der Waals surface area contributed by atoms with Crippen LogP contribution in [0, 0.1) is 0 Å². The number of hydrogen-bond donors (Lipinski definition) is 1. The molecule has 4 nitrogen and oxygen atoms in total. The lowest BCUT2D eigenvalue weighted by Crippen LogP contribution is -2.59. The molecule has 106 valence electrons. The van der Waals surface area contributed by atoms with Crippen LogP contribution in [0.15, 0.2) is 22.7 Å². The molecule has 0 radical (unpaired) electrons. The summed E-state index contributed by atoms with van der Waals surface area (Å²) in [4.78, 5) is 0. The van der Waals surface area contributed by atoms with Crippen molar-refractivity contribution >= 4 is 27.5 Å². The molecule has 0 saturated heterocycles. The Morgan fingerprint density at radius 1 is 1.42 bits per heavy atom. The van der Waals surface area contributed by atoms with E-state index in [4.69, 9.17) is 31.5 Å². The fourth-order valence-electron chi connectivity index (χ4n) is 1.96. The van der Waals surface area contributed by atoms with Gasteiger partial charge in [0.2, 0.25) is 0 Å². The monoisotopic (exact) mass is 349 g/mol. The van der Waals surface area contributed by atoms with Gasteiger partial charge in [0.1, 0.15) is 18.0 Å². The van der Waals surface area contributed by atoms with E-state index in [1.807, 2.05) is 12.1 Å². The topological polar surface area (TPSA) is 53.7 Å². The third-order valence-electron chi connectivity index (χ3n) is 3.06. The van der Waals surface area contributed by atoms with Crippen LogP contribution in [0.1, 0.15) is 6.42 Å². The van der Waals surface area contributed by atoms with Gasteiger partial charge in [0.05, 0.1) is 18.2 Å². The molecule has 0 bridgehead atoms. The molecule has 19 heavy (non-hydrogen) atoms. The van der Waals surface area contributed by atoms with Crippen LogP contribution in [0.5, 0.6) is 5.75 Å². The molecule has 6 heteroatoms. The second-order valence-corrected chi connectivity index (χ2v) is 5.78. The van der Waals surface area contributed by atoms with Crippen molar-refractivity contribution < 1.29 is 14.2 Å². The molecule has 1 aliphatic rings. The molecule has 2 N–H and O–H groups in total. The van der Waals surface area contributed by atoms with E-state index in [2.05, 4.69) is 15.9 Å². The first-order valence-corrected chi connectivity index (χ1v) is 7.26. The van der Waals surface area contributed by atoms with Gasteiger partial charge in [-0.2, -0.15) is 0 Å². The number of benzene rings is 1. The average Bonchev–Trinajstić information content (AvgIpc) is 2.38. The Morgan fingerprint density at radius 3 is 2.89 bits per heavy atom. The Kier molecular flexibility index (Phi) is 5.47. The molecule has 0 spiro atoms. The lowest BCUT2D eigenvalue weighted by molar-refractivity contribution is -0.107. The standard InChI is InChI=1S/C13H17BrClNO3/c1-17-4-5-18-13-10(16)7-12(13)19-11-6-8(14)2-3-9(11)15/h2-3,6,10,12-13H,4-5,7,16H2,1H3. The van der Waals surface area contributed by atoms with Crippen molar-refractivity contribution in [1.82, 2.24) is 0 Å². The molecule has 0 aliphatic heterocycles. The number of rotatable bonds is 6. The smallest absolute Gasteiger partial charge is 0.139 e. The number of nitrogens with two attached hydrogens (primary N) is 1. The van der Waals surface area contributed by atoms with Crippen LogP contribution in [0.2, 0.25) is 5.02 Å². The first kappa shape index (κ1) is 15.1. The summed E-state index contributed by atoms with van der Waals surface area (Å²) >= 11 is 9.49. The van der Waals surface area contributed by atoms with Crippen LogP contribution in [0.3, 0.4) is 0 Å². The van der Waals surface area contributed by atoms with E-state index in [9.17, 15) is 0 Å². The van der Waals surface area contributed by atoms with Crippen LogP contribution >= 0.6 is 27.5 Å². The second-order valence-electron chi connectivity index (χ2n) is 4.46. The maximum Gasteiger partial charge on any atom is 0.139 e. The predicted molar refractivity (Wildman–Crippen MR) is 77.8 cm³/mol. The fraction of sp³-hybridized carbons (Fsp3) is 0.538. The normalized spacial score (nSPS) is 26.0. The minimum absolute atomic E-state index is 0.00721. The molecule has 1 fully saturated rings. The first-order chi connectivity index (χ1) is 9.11. The number of hydrogen-bond acceptors (Lipinski definition) is 4. The average molecular weight is 351 g/mol. The molecule has 0 aromatic heterocycles.